The van der Waals surface area contributed by atoms with Crippen molar-refractivity contribution in [2.75, 3.05) is 17.6 Å². The smallest absolute Gasteiger partial charge is 0.131 e. The zero-order valence-electron chi connectivity index (χ0n) is 9.91. The number of anilines is 2. The third-order valence-electron chi connectivity index (χ3n) is 2.60. The lowest BCUT2D eigenvalue weighted by Gasteiger charge is -2.16. The van der Waals surface area contributed by atoms with Crippen molar-refractivity contribution in [3.8, 4) is 0 Å². The maximum Gasteiger partial charge on any atom is 0.131 e. The molecule has 1 unspecified atom stereocenters. The number of aromatic nitrogens is 2. The van der Waals surface area contributed by atoms with Crippen LogP contribution in [-0.4, -0.2) is 16.5 Å². The van der Waals surface area contributed by atoms with Gasteiger partial charge in [-0.15, -0.1) is 0 Å². The van der Waals surface area contributed by atoms with Crippen LogP contribution in [-0.2, 0) is 0 Å². The number of rotatable bonds is 4. The molecule has 0 spiro atoms. The second kappa shape index (κ2) is 4.96. The van der Waals surface area contributed by atoms with E-state index in [0.717, 1.165) is 12.4 Å². The minimum absolute atomic E-state index is 0.516. The quantitative estimate of drug-likeness (QED) is 0.795. The summed E-state index contributed by atoms with van der Waals surface area (Å²) in [5.74, 6) is 3.31. The molecule has 84 valence electrons. The number of hydrogen-bond acceptors (Lipinski definition) is 4. The fourth-order valence-electron chi connectivity index (χ4n) is 1.18. The Bertz CT molecular complexity index is 302. The summed E-state index contributed by atoms with van der Waals surface area (Å²) in [7, 11) is 0. The van der Waals surface area contributed by atoms with Crippen molar-refractivity contribution >= 4 is 11.6 Å². The summed E-state index contributed by atoms with van der Waals surface area (Å²) >= 11 is 0. The van der Waals surface area contributed by atoms with E-state index in [4.69, 9.17) is 5.73 Å². The van der Waals surface area contributed by atoms with E-state index in [-0.39, 0.29) is 0 Å². The van der Waals surface area contributed by atoms with Gasteiger partial charge in [0.25, 0.3) is 0 Å². The van der Waals surface area contributed by atoms with Crippen LogP contribution >= 0.6 is 0 Å². The predicted octanol–water partition coefficient (Wildman–Crippen LogP) is 2.07. The standard InChI is InChI=1S/C11H20N4/c1-7(2)8(3)6-13-11-5-10(12)14-9(4)15-11/h5,7-8H,6H2,1-4H3,(H3,12,13,14,15). The Kier molecular flexibility index (Phi) is 3.88. The van der Waals surface area contributed by atoms with Crippen LogP contribution < -0.4 is 11.1 Å². The molecule has 0 saturated heterocycles. The molecule has 0 aliphatic rings. The van der Waals surface area contributed by atoms with Crippen LogP contribution in [0, 0.1) is 18.8 Å². The van der Waals surface area contributed by atoms with Crippen LogP contribution in [0.4, 0.5) is 11.6 Å². The number of aryl methyl sites for hydroxylation is 1. The summed E-state index contributed by atoms with van der Waals surface area (Å²) in [6, 6.07) is 1.76. The van der Waals surface area contributed by atoms with Crippen LogP contribution in [0.25, 0.3) is 0 Å². The average Bonchev–Trinajstić information content (AvgIpc) is 2.12. The molecule has 0 amide bonds. The SMILES string of the molecule is Cc1nc(N)cc(NCC(C)C(C)C)n1. The lowest BCUT2D eigenvalue weighted by Crippen LogP contribution is -2.17. The molecule has 0 radical (unpaired) electrons. The molecule has 0 aromatic carbocycles. The second-order valence-corrected chi connectivity index (χ2v) is 4.33. The van der Waals surface area contributed by atoms with E-state index in [2.05, 4.69) is 36.1 Å². The van der Waals surface area contributed by atoms with Crippen LogP contribution in [0.2, 0.25) is 0 Å². The normalized spacial score (nSPS) is 12.9. The number of nitrogens with one attached hydrogen (secondary N) is 1. The molecule has 0 bridgehead atoms. The first-order valence-corrected chi connectivity index (χ1v) is 5.34. The lowest BCUT2D eigenvalue weighted by molar-refractivity contribution is 0.439. The number of nitrogens with two attached hydrogens (primary N) is 1. The number of nitrogen functional groups attached to an aromatic ring is 1. The molecule has 1 heterocycles. The summed E-state index contributed by atoms with van der Waals surface area (Å²) in [6.07, 6.45) is 0. The van der Waals surface area contributed by atoms with E-state index in [1.807, 2.05) is 6.92 Å². The van der Waals surface area contributed by atoms with Gasteiger partial charge >= 0.3 is 0 Å². The van der Waals surface area contributed by atoms with Gasteiger partial charge in [-0.25, -0.2) is 9.97 Å². The largest absolute Gasteiger partial charge is 0.384 e. The molecule has 0 saturated carbocycles. The van der Waals surface area contributed by atoms with Crippen molar-refractivity contribution in [2.24, 2.45) is 11.8 Å². The minimum atomic E-state index is 0.516. The summed E-state index contributed by atoms with van der Waals surface area (Å²) in [4.78, 5) is 8.29. The van der Waals surface area contributed by atoms with Gasteiger partial charge < -0.3 is 11.1 Å². The van der Waals surface area contributed by atoms with E-state index in [1.165, 1.54) is 0 Å². The highest BCUT2D eigenvalue weighted by Crippen LogP contribution is 2.12. The van der Waals surface area contributed by atoms with Crippen LogP contribution in [0.15, 0.2) is 6.07 Å². The summed E-state index contributed by atoms with van der Waals surface area (Å²) in [5.41, 5.74) is 5.63. The first-order valence-electron chi connectivity index (χ1n) is 5.34. The van der Waals surface area contributed by atoms with E-state index in [9.17, 15) is 0 Å². The predicted molar refractivity (Wildman–Crippen MR) is 63.7 cm³/mol. The molecule has 3 N–H and O–H groups in total. The van der Waals surface area contributed by atoms with Gasteiger partial charge in [-0.05, 0) is 18.8 Å². The van der Waals surface area contributed by atoms with Gasteiger partial charge in [0, 0.05) is 12.6 Å². The Morgan fingerprint density at radius 3 is 2.53 bits per heavy atom. The first kappa shape index (κ1) is 11.8. The first-order chi connectivity index (χ1) is 6.99. The molecule has 0 aliphatic carbocycles. The van der Waals surface area contributed by atoms with Crippen molar-refractivity contribution in [3.05, 3.63) is 11.9 Å². The summed E-state index contributed by atoms with van der Waals surface area (Å²) in [5, 5.41) is 3.28. The van der Waals surface area contributed by atoms with E-state index >= 15 is 0 Å². The molecule has 15 heavy (non-hydrogen) atoms. The van der Waals surface area contributed by atoms with Crippen LogP contribution in [0.3, 0.4) is 0 Å². The number of hydrogen-bond donors (Lipinski definition) is 2. The van der Waals surface area contributed by atoms with Crippen LogP contribution in [0.5, 0.6) is 0 Å². The van der Waals surface area contributed by atoms with Gasteiger partial charge in [0.15, 0.2) is 0 Å². The monoisotopic (exact) mass is 208 g/mol. The molecular weight excluding hydrogens is 188 g/mol. The van der Waals surface area contributed by atoms with Gasteiger partial charge in [-0.3, -0.25) is 0 Å². The molecule has 1 rings (SSSR count). The third kappa shape index (κ3) is 3.73. The molecule has 0 fully saturated rings. The van der Waals surface area contributed by atoms with Crippen molar-refractivity contribution < 1.29 is 0 Å². The molecule has 1 aromatic rings. The minimum Gasteiger partial charge on any atom is -0.384 e. The highest BCUT2D eigenvalue weighted by Gasteiger charge is 2.07. The lowest BCUT2D eigenvalue weighted by atomic mass is 9.98. The third-order valence-corrected chi connectivity index (χ3v) is 2.60. The average molecular weight is 208 g/mol. The Balaban J connectivity index is 2.57. The molecule has 0 aliphatic heterocycles. The maximum atomic E-state index is 5.63. The van der Waals surface area contributed by atoms with Crippen molar-refractivity contribution in [1.29, 1.82) is 0 Å². The van der Waals surface area contributed by atoms with Crippen molar-refractivity contribution in [2.45, 2.75) is 27.7 Å². The maximum absolute atomic E-state index is 5.63. The molecular formula is C11H20N4. The van der Waals surface area contributed by atoms with E-state index in [0.29, 0.717) is 23.5 Å². The number of nitrogens with zero attached hydrogens (tertiary/aromatic N) is 2. The Morgan fingerprint density at radius 2 is 2.00 bits per heavy atom. The van der Waals surface area contributed by atoms with E-state index in [1.54, 1.807) is 6.07 Å². The fraction of sp³-hybridized carbons (Fsp3) is 0.636. The Hall–Kier alpha value is -1.32. The van der Waals surface area contributed by atoms with Gasteiger partial charge in [0.1, 0.15) is 17.5 Å². The zero-order chi connectivity index (χ0) is 11.4. The topological polar surface area (TPSA) is 63.8 Å². The van der Waals surface area contributed by atoms with Gasteiger partial charge in [0.2, 0.25) is 0 Å². The second-order valence-electron chi connectivity index (χ2n) is 4.33. The summed E-state index contributed by atoms with van der Waals surface area (Å²) < 4.78 is 0. The van der Waals surface area contributed by atoms with E-state index < -0.39 is 0 Å². The van der Waals surface area contributed by atoms with Gasteiger partial charge in [-0.1, -0.05) is 20.8 Å². The highest BCUT2D eigenvalue weighted by atomic mass is 15.0. The molecule has 1 atom stereocenters. The van der Waals surface area contributed by atoms with Crippen molar-refractivity contribution in [3.63, 3.8) is 0 Å². The zero-order valence-corrected chi connectivity index (χ0v) is 9.91. The Labute approximate surface area is 91.3 Å². The van der Waals surface area contributed by atoms with Crippen LogP contribution in [0.1, 0.15) is 26.6 Å². The molecule has 4 nitrogen and oxygen atoms in total. The van der Waals surface area contributed by atoms with Crippen molar-refractivity contribution in [1.82, 2.24) is 9.97 Å². The van der Waals surface area contributed by atoms with Gasteiger partial charge in [0.05, 0.1) is 0 Å². The van der Waals surface area contributed by atoms with Gasteiger partial charge in [-0.2, -0.15) is 0 Å². The molecule has 1 aromatic heterocycles. The summed E-state index contributed by atoms with van der Waals surface area (Å²) in [6.45, 7) is 9.40. The Morgan fingerprint density at radius 1 is 1.33 bits per heavy atom. The molecule has 4 heteroatoms. The highest BCUT2D eigenvalue weighted by molar-refractivity contribution is 5.44. The fourth-order valence-corrected chi connectivity index (χ4v) is 1.18.